The predicted octanol–water partition coefficient (Wildman–Crippen LogP) is 5.28. The fourth-order valence-corrected chi connectivity index (χ4v) is 4.48. The standard InChI is InChI=1S/C23H20N2O3S2/c1-28-18-13-12-17(21(26)14-18)16-24-25-22(27)15-23(29-19-8-4-2-5-9-19)30-20-10-6-3-7-11-20/h2-16,26H,1H3,(H,25,27)/b24-16-. The van der Waals surface area contributed by atoms with Crippen LogP contribution in [0.15, 0.2) is 104 Å². The summed E-state index contributed by atoms with van der Waals surface area (Å²) >= 11 is 3.01. The molecule has 0 heterocycles. The van der Waals surface area contributed by atoms with Gasteiger partial charge in [-0.3, -0.25) is 4.79 Å². The average molecular weight is 437 g/mol. The smallest absolute Gasteiger partial charge is 0.265 e. The topological polar surface area (TPSA) is 70.9 Å². The highest BCUT2D eigenvalue weighted by Gasteiger charge is 2.07. The number of carbonyl (C=O) groups is 1. The van der Waals surface area contributed by atoms with Crippen LogP contribution in [0.5, 0.6) is 11.5 Å². The molecule has 0 radical (unpaired) electrons. The van der Waals surface area contributed by atoms with E-state index in [1.807, 2.05) is 60.7 Å². The van der Waals surface area contributed by atoms with E-state index in [1.165, 1.54) is 49.0 Å². The molecule has 7 heteroatoms. The number of thioether (sulfide) groups is 2. The second-order valence-corrected chi connectivity index (χ2v) is 8.44. The van der Waals surface area contributed by atoms with E-state index in [-0.39, 0.29) is 11.7 Å². The molecule has 30 heavy (non-hydrogen) atoms. The molecule has 0 saturated carbocycles. The van der Waals surface area contributed by atoms with Gasteiger partial charge in [0.15, 0.2) is 0 Å². The maximum atomic E-state index is 12.4. The van der Waals surface area contributed by atoms with Crippen LogP contribution in [0.2, 0.25) is 0 Å². The minimum Gasteiger partial charge on any atom is -0.507 e. The van der Waals surface area contributed by atoms with Crippen LogP contribution in [-0.2, 0) is 4.79 Å². The fraction of sp³-hybridized carbons (Fsp3) is 0.0435. The number of ether oxygens (including phenoxy) is 1. The molecule has 0 aliphatic rings. The van der Waals surface area contributed by atoms with E-state index in [9.17, 15) is 9.90 Å². The molecule has 1 amide bonds. The third-order valence-corrected chi connectivity index (χ3v) is 5.94. The van der Waals surface area contributed by atoms with Crippen molar-refractivity contribution in [2.45, 2.75) is 9.79 Å². The Labute approximate surface area is 183 Å². The third-order valence-electron chi connectivity index (χ3n) is 3.79. The van der Waals surface area contributed by atoms with E-state index < -0.39 is 0 Å². The molecule has 152 valence electrons. The predicted molar refractivity (Wildman–Crippen MR) is 123 cm³/mol. The molecular formula is C23H20N2O3S2. The lowest BCUT2D eigenvalue weighted by atomic mass is 10.2. The van der Waals surface area contributed by atoms with E-state index in [0.717, 1.165) is 14.0 Å². The fourth-order valence-electron chi connectivity index (χ4n) is 2.35. The molecule has 5 nitrogen and oxygen atoms in total. The Kier molecular flexibility index (Phi) is 8.00. The van der Waals surface area contributed by atoms with Gasteiger partial charge in [0, 0.05) is 27.5 Å². The third kappa shape index (κ3) is 6.72. The van der Waals surface area contributed by atoms with Crippen molar-refractivity contribution in [1.29, 1.82) is 0 Å². The first-order valence-electron chi connectivity index (χ1n) is 9.01. The monoisotopic (exact) mass is 436 g/mol. The van der Waals surface area contributed by atoms with Gasteiger partial charge >= 0.3 is 0 Å². The normalized spacial score (nSPS) is 10.6. The van der Waals surface area contributed by atoms with Crippen LogP contribution < -0.4 is 10.2 Å². The molecule has 0 atom stereocenters. The Morgan fingerprint density at radius 3 is 2.10 bits per heavy atom. The Morgan fingerprint density at radius 2 is 1.57 bits per heavy atom. The SMILES string of the molecule is COc1ccc(/C=N\NC(=O)C=C(Sc2ccccc2)Sc2ccccc2)c(O)c1. The number of benzene rings is 3. The summed E-state index contributed by atoms with van der Waals surface area (Å²) < 4.78 is 5.86. The van der Waals surface area contributed by atoms with Crippen molar-refractivity contribution < 1.29 is 14.6 Å². The van der Waals surface area contributed by atoms with Crippen molar-refractivity contribution in [2.24, 2.45) is 5.10 Å². The highest BCUT2D eigenvalue weighted by Crippen LogP contribution is 2.38. The van der Waals surface area contributed by atoms with E-state index in [2.05, 4.69) is 10.5 Å². The first kappa shape index (κ1) is 21.5. The largest absolute Gasteiger partial charge is 0.507 e. The molecular weight excluding hydrogens is 416 g/mol. The molecule has 3 rings (SSSR count). The number of carbonyl (C=O) groups excluding carboxylic acids is 1. The van der Waals surface area contributed by atoms with Crippen LogP contribution in [0.4, 0.5) is 0 Å². The van der Waals surface area contributed by atoms with Gasteiger partial charge < -0.3 is 9.84 Å². The first-order chi connectivity index (χ1) is 14.6. The summed E-state index contributed by atoms with van der Waals surface area (Å²) in [6, 6.07) is 24.5. The minimum atomic E-state index is -0.360. The molecule has 3 aromatic rings. The Morgan fingerprint density at radius 1 is 0.967 bits per heavy atom. The number of phenols is 1. The highest BCUT2D eigenvalue weighted by molar-refractivity contribution is 8.22. The van der Waals surface area contributed by atoms with E-state index >= 15 is 0 Å². The summed E-state index contributed by atoms with van der Waals surface area (Å²) in [5, 5.41) is 13.9. The van der Waals surface area contributed by atoms with Crippen molar-refractivity contribution in [2.75, 3.05) is 7.11 Å². The van der Waals surface area contributed by atoms with Crippen LogP contribution in [-0.4, -0.2) is 24.3 Å². The van der Waals surface area contributed by atoms with Gasteiger partial charge in [-0.2, -0.15) is 5.10 Å². The maximum Gasteiger partial charge on any atom is 0.265 e. The van der Waals surface area contributed by atoms with Gasteiger partial charge in [0.2, 0.25) is 0 Å². The summed E-state index contributed by atoms with van der Waals surface area (Å²) in [5.74, 6) is 0.195. The van der Waals surface area contributed by atoms with Gasteiger partial charge in [0.1, 0.15) is 11.5 Å². The molecule has 2 N–H and O–H groups in total. The Bertz CT molecular complexity index is 995. The number of hydrogen-bond donors (Lipinski definition) is 2. The minimum absolute atomic E-state index is 0.0165. The summed E-state index contributed by atoms with van der Waals surface area (Å²) in [4.78, 5) is 14.5. The van der Waals surface area contributed by atoms with Crippen molar-refractivity contribution in [3.05, 3.63) is 94.7 Å². The zero-order chi connectivity index (χ0) is 21.2. The zero-order valence-electron chi connectivity index (χ0n) is 16.2. The maximum absolute atomic E-state index is 12.4. The molecule has 0 spiro atoms. The number of amides is 1. The lowest BCUT2D eigenvalue weighted by Gasteiger charge is -2.07. The molecule has 0 aromatic heterocycles. The number of nitrogens with one attached hydrogen (secondary N) is 1. The highest BCUT2D eigenvalue weighted by atomic mass is 32.2. The van der Waals surface area contributed by atoms with Gasteiger partial charge in [-0.1, -0.05) is 59.9 Å². The molecule has 0 aliphatic heterocycles. The first-order valence-corrected chi connectivity index (χ1v) is 10.6. The lowest BCUT2D eigenvalue weighted by molar-refractivity contribution is -0.116. The van der Waals surface area contributed by atoms with Crippen molar-refractivity contribution in [3.8, 4) is 11.5 Å². The van der Waals surface area contributed by atoms with Gasteiger partial charge in [0.25, 0.3) is 5.91 Å². The van der Waals surface area contributed by atoms with Gasteiger partial charge in [0.05, 0.1) is 17.6 Å². The van der Waals surface area contributed by atoms with Gasteiger partial charge in [-0.15, -0.1) is 0 Å². The van der Waals surface area contributed by atoms with Crippen LogP contribution in [0.1, 0.15) is 5.56 Å². The summed E-state index contributed by atoms with van der Waals surface area (Å²) in [7, 11) is 1.52. The van der Waals surface area contributed by atoms with Crippen molar-refractivity contribution in [3.63, 3.8) is 0 Å². The van der Waals surface area contributed by atoms with Crippen LogP contribution in [0, 0.1) is 0 Å². The Hall–Kier alpha value is -3.16. The van der Waals surface area contributed by atoms with Gasteiger partial charge in [-0.05, 0) is 36.4 Å². The summed E-state index contributed by atoms with van der Waals surface area (Å²) in [6.07, 6.45) is 2.90. The molecule has 0 fully saturated rings. The quantitative estimate of drug-likeness (QED) is 0.218. The van der Waals surface area contributed by atoms with Crippen LogP contribution >= 0.6 is 23.5 Å². The number of hydrazone groups is 1. The van der Waals surface area contributed by atoms with Crippen LogP contribution in [0.25, 0.3) is 0 Å². The number of hydrogen-bond acceptors (Lipinski definition) is 6. The molecule has 0 unspecified atom stereocenters. The van der Waals surface area contributed by atoms with Gasteiger partial charge in [-0.25, -0.2) is 5.43 Å². The van der Waals surface area contributed by atoms with E-state index in [1.54, 1.807) is 12.1 Å². The second kappa shape index (κ2) is 11.1. The molecule has 0 bridgehead atoms. The molecule has 0 aliphatic carbocycles. The number of methoxy groups -OCH3 is 1. The number of rotatable bonds is 8. The molecule has 3 aromatic carbocycles. The average Bonchev–Trinajstić information content (AvgIpc) is 2.76. The molecule has 0 saturated heterocycles. The number of phenolic OH excluding ortho intramolecular Hbond substituents is 1. The second-order valence-electron chi connectivity index (χ2n) is 5.95. The van der Waals surface area contributed by atoms with E-state index in [0.29, 0.717) is 11.3 Å². The summed E-state index contributed by atoms with van der Waals surface area (Å²) in [6.45, 7) is 0. The number of aromatic hydroxyl groups is 1. The summed E-state index contributed by atoms with van der Waals surface area (Å²) in [5.41, 5.74) is 2.94. The van der Waals surface area contributed by atoms with Crippen molar-refractivity contribution in [1.82, 2.24) is 5.43 Å². The lowest BCUT2D eigenvalue weighted by Crippen LogP contribution is -2.14. The Balaban J connectivity index is 1.70. The number of nitrogens with zero attached hydrogens (tertiary/aromatic N) is 1. The zero-order valence-corrected chi connectivity index (χ0v) is 17.8. The van der Waals surface area contributed by atoms with E-state index in [4.69, 9.17) is 4.74 Å². The van der Waals surface area contributed by atoms with Crippen LogP contribution in [0.3, 0.4) is 0 Å². The van der Waals surface area contributed by atoms with Crippen molar-refractivity contribution >= 4 is 35.6 Å².